The zero-order chi connectivity index (χ0) is 18.5. The maximum Gasteiger partial charge on any atom is 0.250 e. The minimum Gasteiger partial charge on any atom is -0.369 e. The highest BCUT2D eigenvalue weighted by atomic mass is 16.1. The Bertz CT molecular complexity index is 1010. The lowest BCUT2D eigenvalue weighted by molar-refractivity contribution is -0.127. The molecule has 136 valence electrons. The second kappa shape index (κ2) is 5.99. The van der Waals surface area contributed by atoms with Gasteiger partial charge in [-0.15, -0.1) is 0 Å². The topological polar surface area (TPSA) is 105 Å². The average molecular weight is 352 g/mol. The minimum absolute atomic E-state index is 0.225. The van der Waals surface area contributed by atoms with Gasteiger partial charge in [0.15, 0.2) is 0 Å². The van der Waals surface area contributed by atoms with Crippen molar-refractivity contribution in [2.45, 2.75) is 19.3 Å². The number of hydrogen-bond acceptors (Lipinski definition) is 3. The number of aromatic amines is 1. The zero-order valence-electron chi connectivity index (χ0n) is 14.9. The van der Waals surface area contributed by atoms with Crippen molar-refractivity contribution in [3.05, 3.63) is 34.3 Å². The van der Waals surface area contributed by atoms with Gasteiger partial charge in [0.25, 0.3) is 5.91 Å². The number of likely N-dealkylation sites (tertiary alicyclic amines) is 1. The van der Waals surface area contributed by atoms with Crippen LogP contribution >= 0.6 is 0 Å². The Kier molecular flexibility index (Phi) is 3.88. The lowest BCUT2D eigenvalue weighted by Gasteiger charge is -2.40. The van der Waals surface area contributed by atoms with Crippen LogP contribution in [0, 0.1) is 11.3 Å². The molecule has 0 saturated carbocycles. The highest BCUT2D eigenvalue weighted by Crippen LogP contribution is 2.41. The summed E-state index contributed by atoms with van der Waals surface area (Å²) in [5.41, 5.74) is 11.9. The van der Waals surface area contributed by atoms with Gasteiger partial charge in [-0.2, -0.15) is 0 Å². The van der Waals surface area contributed by atoms with Crippen molar-refractivity contribution >= 4 is 34.9 Å². The van der Waals surface area contributed by atoms with Gasteiger partial charge in [0.05, 0.1) is 16.5 Å². The molecular weight excluding hydrogens is 328 g/mol. The molecule has 1 unspecified atom stereocenters. The molecule has 6 heteroatoms. The van der Waals surface area contributed by atoms with Crippen LogP contribution in [0.4, 0.5) is 0 Å². The van der Waals surface area contributed by atoms with E-state index in [1.54, 1.807) is 6.07 Å². The van der Waals surface area contributed by atoms with E-state index in [1.165, 1.54) is 0 Å². The molecule has 5 N–H and O–H groups in total. The molecule has 2 aromatic rings. The number of carbonyl (C=O) groups excluding carboxylic acids is 2. The summed E-state index contributed by atoms with van der Waals surface area (Å²) >= 11 is 0. The lowest BCUT2D eigenvalue weighted by atomic mass is 9.67. The second-order valence-electron chi connectivity index (χ2n) is 7.58. The number of carbonyl (C=O) groups is 2. The van der Waals surface area contributed by atoms with Crippen LogP contribution in [0.2, 0.25) is 0 Å². The number of benzene rings is 1. The van der Waals surface area contributed by atoms with Gasteiger partial charge < -0.3 is 21.4 Å². The van der Waals surface area contributed by atoms with Gasteiger partial charge in [0.2, 0.25) is 5.91 Å². The van der Waals surface area contributed by atoms with E-state index in [2.05, 4.69) is 23.0 Å². The number of H-pyrrole nitrogens is 1. The van der Waals surface area contributed by atoms with Crippen LogP contribution in [-0.2, 0) is 4.79 Å². The summed E-state index contributed by atoms with van der Waals surface area (Å²) in [6.45, 7) is 1.94. The molecule has 1 fully saturated rings. The number of fused-ring (bicyclic) bond motifs is 3. The van der Waals surface area contributed by atoms with Gasteiger partial charge in [0.1, 0.15) is 0 Å². The molecule has 1 saturated heterocycles. The molecule has 0 radical (unpaired) electrons. The number of nitrogens with zero attached hydrogens (tertiary/aromatic N) is 1. The van der Waals surface area contributed by atoms with E-state index < -0.39 is 11.3 Å². The highest BCUT2D eigenvalue weighted by molar-refractivity contribution is 6.05. The zero-order valence-corrected chi connectivity index (χ0v) is 14.9. The Morgan fingerprint density at radius 3 is 2.62 bits per heavy atom. The molecule has 6 nitrogen and oxygen atoms in total. The maximum absolute atomic E-state index is 12.5. The number of piperidine rings is 1. The summed E-state index contributed by atoms with van der Waals surface area (Å²) in [6.07, 6.45) is 6.59. The summed E-state index contributed by atoms with van der Waals surface area (Å²) in [4.78, 5) is 29.9. The molecule has 1 atom stereocenters. The number of para-hydroxylation sites is 1. The molecule has 1 aliphatic carbocycles. The van der Waals surface area contributed by atoms with E-state index in [0.29, 0.717) is 12.0 Å². The van der Waals surface area contributed by atoms with Crippen molar-refractivity contribution in [3.8, 4) is 0 Å². The Balaban J connectivity index is 1.89. The summed E-state index contributed by atoms with van der Waals surface area (Å²) in [6, 6.07) is 5.51. The first kappa shape index (κ1) is 16.8. The van der Waals surface area contributed by atoms with Gasteiger partial charge in [0, 0.05) is 16.0 Å². The summed E-state index contributed by atoms with van der Waals surface area (Å²) in [5.74, 6) is -0.518. The third-order valence-corrected chi connectivity index (χ3v) is 6.12. The first-order chi connectivity index (χ1) is 12.4. The maximum atomic E-state index is 12.5. The average Bonchev–Trinajstić information content (AvgIpc) is 2.99. The van der Waals surface area contributed by atoms with Crippen LogP contribution in [0.5, 0.6) is 0 Å². The molecule has 0 spiro atoms. The Hall–Kier alpha value is -2.60. The van der Waals surface area contributed by atoms with Crippen LogP contribution in [0.1, 0.15) is 29.6 Å². The monoisotopic (exact) mass is 352 g/mol. The van der Waals surface area contributed by atoms with Gasteiger partial charge >= 0.3 is 0 Å². The molecule has 1 aromatic carbocycles. The fourth-order valence-electron chi connectivity index (χ4n) is 4.57. The summed E-state index contributed by atoms with van der Waals surface area (Å²) in [7, 11) is 2.10. The third-order valence-electron chi connectivity index (χ3n) is 6.12. The van der Waals surface area contributed by atoms with Gasteiger partial charge in [-0.25, -0.2) is 0 Å². The number of hydrogen-bond donors (Lipinski definition) is 3. The number of amides is 2. The number of nitrogens with one attached hydrogen (secondary N) is 1. The Morgan fingerprint density at radius 2 is 1.96 bits per heavy atom. The Morgan fingerprint density at radius 1 is 1.23 bits per heavy atom. The molecule has 2 amide bonds. The first-order valence-electron chi connectivity index (χ1n) is 9.04. The highest BCUT2D eigenvalue weighted by Gasteiger charge is 2.43. The van der Waals surface area contributed by atoms with Crippen LogP contribution in [0.25, 0.3) is 23.1 Å². The van der Waals surface area contributed by atoms with Crippen LogP contribution in [0.3, 0.4) is 0 Å². The van der Waals surface area contributed by atoms with Gasteiger partial charge in [-0.1, -0.05) is 18.2 Å². The minimum atomic E-state index is -0.679. The predicted molar refractivity (Wildman–Crippen MR) is 101 cm³/mol. The lowest BCUT2D eigenvalue weighted by Crippen LogP contribution is -2.49. The van der Waals surface area contributed by atoms with Crippen molar-refractivity contribution < 1.29 is 9.59 Å². The molecule has 2 aliphatic rings. The largest absolute Gasteiger partial charge is 0.369 e. The van der Waals surface area contributed by atoms with E-state index in [0.717, 1.165) is 47.4 Å². The second-order valence-corrected chi connectivity index (χ2v) is 7.58. The molecule has 0 bridgehead atoms. The van der Waals surface area contributed by atoms with E-state index in [1.807, 2.05) is 18.2 Å². The van der Waals surface area contributed by atoms with Crippen molar-refractivity contribution in [2.75, 3.05) is 20.1 Å². The predicted octanol–water partition coefficient (Wildman–Crippen LogP) is 0.0450. The standard InChI is InChI=1S/C20H24N4O2/c1-24-9-6-12(7-10-24)20(19(22)26)8-5-13-14-3-2-4-15(18(21)25)17(14)23-16(13)11-20/h2-5,11-12,23H,6-10H2,1H3,(H2,21,25)(H2,22,26). The molecule has 2 heterocycles. The van der Waals surface area contributed by atoms with Crippen molar-refractivity contribution in [3.63, 3.8) is 0 Å². The number of aromatic nitrogens is 1. The number of primary amides is 2. The summed E-state index contributed by atoms with van der Waals surface area (Å²) in [5, 5.41) is 2.83. The quantitative estimate of drug-likeness (QED) is 0.726. The van der Waals surface area contributed by atoms with Crippen molar-refractivity contribution in [1.82, 2.24) is 9.88 Å². The van der Waals surface area contributed by atoms with E-state index in [4.69, 9.17) is 11.5 Å². The van der Waals surface area contributed by atoms with Gasteiger partial charge in [-0.3, -0.25) is 9.59 Å². The normalized spacial score (nSPS) is 23.9. The third kappa shape index (κ3) is 2.44. The van der Waals surface area contributed by atoms with Crippen LogP contribution in [-0.4, -0.2) is 41.8 Å². The molecule has 26 heavy (non-hydrogen) atoms. The fourth-order valence-corrected chi connectivity index (χ4v) is 4.57. The molecule has 1 aliphatic heterocycles. The van der Waals surface area contributed by atoms with Crippen LogP contribution < -0.4 is 22.0 Å². The van der Waals surface area contributed by atoms with Crippen molar-refractivity contribution in [2.24, 2.45) is 22.8 Å². The van der Waals surface area contributed by atoms with Gasteiger partial charge in [-0.05, 0) is 57.5 Å². The first-order valence-corrected chi connectivity index (χ1v) is 9.04. The number of nitrogens with two attached hydrogens (primary N) is 2. The number of rotatable bonds is 3. The van der Waals surface area contributed by atoms with E-state index in [-0.39, 0.29) is 11.8 Å². The Labute approximate surface area is 151 Å². The molecular formula is C20H24N4O2. The fraction of sp³-hybridized carbons (Fsp3) is 0.400. The summed E-state index contributed by atoms with van der Waals surface area (Å²) < 4.78 is 0. The van der Waals surface area contributed by atoms with E-state index in [9.17, 15) is 9.59 Å². The molecule has 4 rings (SSSR count). The molecule has 1 aromatic heterocycles. The van der Waals surface area contributed by atoms with E-state index >= 15 is 0 Å². The SMILES string of the molecule is CN1CCC(C2(C(N)=O)C=c3[nH]c4c(C(N)=O)cccc4c3=CC2)CC1. The smallest absolute Gasteiger partial charge is 0.250 e. The van der Waals surface area contributed by atoms with Crippen LogP contribution in [0.15, 0.2) is 18.2 Å². The van der Waals surface area contributed by atoms with Crippen molar-refractivity contribution in [1.29, 1.82) is 0 Å².